The van der Waals surface area contributed by atoms with Gasteiger partial charge >= 0.3 is 0 Å². The van der Waals surface area contributed by atoms with Gasteiger partial charge in [0.15, 0.2) is 0 Å². The Morgan fingerprint density at radius 3 is 3.10 bits per heavy atom. The molecule has 1 amide bonds. The molecule has 1 aliphatic rings. The van der Waals surface area contributed by atoms with Crippen LogP contribution in [0.25, 0.3) is 0 Å². The Morgan fingerprint density at radius 1 is 1.65 bits per heavy atom. The summed E-state index contributed by atoms with van der Waals surface area (Å²) in [4.78, 5) is 14.4. The van der Waals surface area contributed by atoms with Gasteiger partial charge in [0.05, 0.1) is 24.5 Å². The number of nitrogens with zero attached hydrogens (tertiary/aromatic N) is 2. The molecule has 0 aromatic heterocycles. The summed E-state index contributed by atoms with van der Waals surface area (Å²) >= 11 is 1.62. The lowest BCUT2D eigenvalue weighted by molar-refractivity contribution is -0.121. The largest absolute Gasteiger partial charge is 0.377 e. The predicted octanol–water partition coefficient (Wildman–Crippen LogP) is 1.36. The molecule has 106 valence electrons. The van der Waals surface area contributed by atoms with Gasteiger partial charge in [-0.15, -0.1) is 11.8 Å². The molecule has 0 saturated carbocycles. The van der Waals surface area contributed by atoms with E-state index in [2.05, 4.69) is 6.07 Å². The molecule has 0 bridgehead atoms. The summed E-state index contributed by atoms with van der Waals surface area (Å²) in [7, 11) is 0. The van der Waals surface area contributed by atoms with Gasteiger partial charge in [-0.2, -0.15) is 5.26 Å². The van der Waals surface area contributed by atoms with E-state index in [4.69, 9.17) is 10.5 Å². The van der Waals surface area contributed by atoms with Crippen LogP contribution < -0.4 is 10.6 Å². The molecule has 2 rings (SSSR count). The maximum Gasteiger partial charge on any atom is 0.242 e. The maximum absolute atomic E-state index is 11.6. The molecule has 0 aliphatic carbocycles. The molecule has 1 heterocycles. The molecule has 1 aromatic carbocycles. The molecule has 1 saturated heterocycles. The van der Waals surface area contributed by atoms with Crippen LogP contribution in [0.5, 0.6) is 0 Å². The lowest BCUT2D eigenvalue weighted by atomic mass is 10.1. The van der Waals surface area contributed by atoms with Crippen molar-refractivity contribution >= 4 is 23.4 Å². The summed E-state index contributed by atoms with van der Waals surface area (Å²) in [6, 6.07) is 7.43. The Bertz CT molecular complexity index is 542. The number of rotatable bonds is 4. The molecule has 0 spiro atoms. The van der Waals surface area contributed by atoms with Crippen LogP contribution in [-0.4, -0.2) is 37.5 Å². The zero-order chi connectivity index (χ0) is 14.5. The van der Waals surface area contributed by atoms with E-state index < -0.39 is 11.9 Å². The Labute approximate surface area is 122 Å². The number of benzene rings is 1. The highest BCUT2D eigenvalue weighted by Gasteiger charge is 2.29. The molecule has 1 fully saturated rings. The van der Waals surface area contributed by atoms with Crippen LogP contribution in [0, 0.1) is 11.3 Å². The Balaban J connectivity index is 2.42. The minimum atomic E-state index is -0.516. The van der Waals surface area contributed by atoms with Crippen molar-refractivity contribution in [3.8, 4) is 6.07 Å². The van der Waals surface area contributed by atoms with Gasteiger partial charge in [-0.1, -0.05) is 13.0 Å². The van der Waals surface area contributed by atoms with E-state index in [0.29, 0.717) is 18.7 Å². The Hall–Kier alpha value is -1.71. The van der Waals surface area contributed by atoms with Crippen molar-refractivity contribution in [3.05, 3.63) is 23.8 Å². The fourth-order valence-corrected chi connectivity index (χ4v) is 3.06. The average Bonchev–Trinajstić information content (AvgIpc) is 2.47. The standard InChI is InChI=1S/C14H17N3O2S/c1-2-20-13-5-3-4-11(10(13)8-15)17-6-7-19-9-12(17)14(16)18/h3-5,12H,2,6-7,9H2,1H3,(H2,16,18). The van der Waals surface area contributed by atoms with Gasteiger partial charge in [-0.3, -0.25) is 4.79 Å². The summed E-state index contributed by atoms with van der Waals surface area (Å²) in [5.74, 6) is 0.461. The molecule has 1 atom stereocenters. The number of nitrogens with two attached hydrogens (primary N) is 1. The Morgan fingerprint density at radius 2 is 2.45 bits per heavy atom. The number of carbonyl (C=O) groups excluding carboxylic acids is 1. The number of ether oxygens (including phenoxy) is 1. The molecule has 1 aliphatic heterocycles. The van der Waals surface area contributed by atoms with E-state index in [1.165, 1.54) is 0 Å². The van der Waals surface area contributed by atoms with Crippen LogP contribution in [0.1, 0.15) is 12.5 Å². The normalized spacial score (nSPS) is 18.6. The van der Waals surface area contributed by atoms with Gasteiger partial charge in [0, 0.05) is 11.4 Å². The van der Waals surface area contributed by atoms with Crippen molar-refractivity contribution in [1.82, 2.24) is 0 Å². The lowest BCUT2D eigenvalue weighted by Gasteiger charge is -2.36. The molecule has 5 nitrogen and oxygen atoms in total. The second-order valence-corrected chi connectivity index (χ2v) is 5.69. The van der Waals surface area contributed by atoms with Crippen molar-refractivity contribution in [1.29, 1.82) is 5.26 Å². The number of anilines is 1. The van der Waals surface area contributed by atoms with E-state index in [1.54, 1.807) is 11.8 Å². The summed E-state index contributed by atoms with van der Waals surface area (Å²) in [6.45, 7) is 3.40. The maximum atomic E-state index is 11.6. The van der Waals surface area contributed by atoms with Crippen LogP contribution in [-0.2, 0) is 9.53 Å². The second-order valence-electron chi connectivity index (χ2n) is 4.38. The molecule has 0 radical (unpaired) electrons. The van der Waals surface area contributed by atoms with Crippen molar-refractivity contribution in [3.63, 3.8) is 0 Å². The minimum Gasteiger partial charge on any atom is -0.377 e. The molecule has 1 unspecified atom stereocenters. The number of primary amides is 1. The van der Waals surface area contributed by atoms with Crippen molar-refractivity contribution in [2.24, 2.45) is 5.73 Å². The third-order valence-corrected chi connectivity index (χ3v) is 4.12. The van der Waals surface area contributed by atoms with Gasteiger partial charge in [0.2, 0.25) is 5.91 Å². The van der Waals surface area contributed by atoms with Gasteiger partial charge < -0.3 is 15.4 Å². The number of nitriles is 1. The van der Waals surface area contributed by atoms with Crippen LogP contribution in [0.2, 0.25) is 0 Å². The summed E-state index contributed by atoms with van der Waals surface area (Å²) in [5, 5.41) is 9.44. The first-order chi connectivity index (χ1) is 9.69. The number of hydrogen-bond donors (Lipinski definition) is 1. The summed E-state index contributed by atoms with van der Waals surface area (Å²) < 4.78 is 5.32. The lowest BCUT2D eigenvalue weighted by Crippen LogP contribution is -2.52. The minimum absolute atomic E-state index is 0.269. The van der Waals surface area contributed by atoms with E-state index >= 15 is 0 Å². The highest BCUT2D eigenvalue weighted by molar-refractivity contribution is 7.99. The van der Waals surface area contributed by atoms with Crippen LogP contribution in [0.3, 0.4) is 0 Å². The number of thioether (sulfide) groups is 1. The monoisotopic (exact) mass is 291 g/mol. The third kappa shape index (κ3) is 2.89. The van der Waals surface area contributed by atoms with Crippen molar-refractivity contribution in [2.75, 3.05) is 30.4 Å². The SMILES string of the molecule is CCSc1cccc(N2CCOCC2C(N)=O)c1C#N. The number of morpholine rings is 1. The van der Waals surface area contributed by atoms with Crippen LogP contribution in [0.15, 0.2) is 23.1 Å². The fourth-order valence-electron chi connectivity index (χ4n) is 2.27. The molecule has 2 N–H and O–H groups in total. The van der Waals surface area contributed by atoms with E-state index in [0.717, 1.165) is 16.3 Å². The first-order valence-electron chi connectivity index (χ1n) is 6.48. The van der Waals surface area contributed by atoms with Crippen molar-refractivity contribution in [2.45, 2.75) is 17.9 Å². The first-order valence-corrected chi connectivity index (χ1v) is 7.47. The highest BCUT2D eigenvalue weighted by atomic mass is 32.2. The number of hydrogen-bond acceptors (Lipinski definition) is 5. The van der Waals surface area contributed by atoms with Gasteiger partial charge in [0.25, 0.3) is 0 Å². The first kappa shape index (κ1) is 14.7. The van der Waals surface area contributed by atoms with Gasteiger partial charge in [-0.05, 0) is 17.9 Å². The molecular weight excluding hydrogens is 274 g/mol. The van der Waals surface area contributed by atoms with Crippen molar-refractivity contribution < 1.29 is 9.53 Å². The van der Waals surface area contributed by atoms with E-state index in [1.807, 2.05) is 30.0 Å². The van der Waals surface area contributed by atoms with Crippen LogP contribution >= 0.6 is 11.8 Å². The number of carbonyl (C=O) groups is 1. The summed E-state index contributed by atoms with van der Waals surface area (Å²) in [5.41, 5.74) is 6.80. The van der Waals surface area contributed by atoms with Crippen LogP contribution in [0.4, 0.5) is 5.69 Å². The third-order valence-electron chi connectivity index (χ3n) is 3.18. The quantitative estimate of drug-likeness (QED) is 0.847. The molecule has 6 heteroatoms. The average molecular weight is 291 g/mol. The zero-order valence-electron chi connectivity index (χ0n) is 11.3. The van der Waals surface area contributed by atoms with Gasteiger partial charge in [0.1, 0.15) is 12.1 Å². The molecule has 1 aromatic rings. The smallest absolute Gasteiger partial charge is 0.242 e. The second kappa shape index (κ2) is 6.64. The van der Waals surface area contributed by atoms with Gasteiger partial charge in [-0.25, -0.2) is 0 Å². The fraction of sp³-hybridized carbons (Fsp3) is 0.429. The van der Waals surface area contributed by atoms with E-state index in [-0.39, 0.29) is 6.61 Å². The highest BCUT2D eigenvalue weighted by Crippen LogP contribution is 2.31. The predicted molar refractivity (Wildman–Crippen MR) is 78.7 cm³/mol. The summed E-state index contributed by atoms with van der Waals surface area (Å²) in [6.07, 6.45) is 0. The zero-order valence-corrected chi connectivity index (χ0v) is 12.2. The molecule has 20 heavy (non-hydrogen) atoms. The topological polar surface area (TPSA) is 79.3 Å². The Kier molecular flexibility index (Phi) is 4.88. The molecular formula is C14H17N3O2S. The number of amides is 1. The van der Waals surface area contributed by atoms with E-state index in [9.17, 15) is 10.1 Å².